The van der Waals surface area contributed by atoms with Crippen LogP contribution < -0.4 is 10.1 Å². The molecule has 2 aromatic carbocycles. The third-order valence-electron chi connectivity index (χ3n) is 7.31. The number of hydrogen-bond donors (Lipinski definition) is 1. The first kappa shape index (κ1) is 23.2. The SMILES string of the molecule is COc1ccc(C2c3cccn3-c3sc4c(c3CN2C(=O)Nc2cc(Cl)ccc2C)CCCC4)cc1. The van der Waals surface area contributed by atoms with Gasteiger partial charge in [0.05, 0.1) is 25.4 Å². The number of rotatable bonds is 3. The van der Waals surface area contributed by atoms with Crippen molar-refractivity contribution in [2.75, 3.05) is 12.4 Å². The van der Waals surface area contributed by atoms with Gasteiger partial charge in [-0.25, -0.2) is 4.79 Å². The number of fused-ring (bicyclic) bond motifs is 5. The molecule has 0 saturated carbocycles. The van der Waals surface area contributed by atoms with Crippen molar-refractivity contribution in [2.45, 2.75) is 45.2 Å². The van der Waals surface area contributed by atoms with Crippen LogP contribution in [0.5, 0.6) is 5.75 Å². The Labute approximate surface area is 220 Å². The number of ether oxygens (including phenoxy) is 1. The van der Waals surface area contributed by atoms with Crippen LogP contribution >= 0.6 is 22.9 Å². The molecule has 4 aromatic rings. The number of benzene rings is 2. The highest BCUT2D eigenvalue weighted by Gasteiger charge is 2.36. The van der Waals surface area contributed by atoms with E-state index >= 15 is 0 Å². The summed E-state index contributed by atoms with van der Waals surface area (Å²) in [6, 6.07) is 17.4. The second-order valence-electron chi connectivity index (χ2n) is 9.49. The number of carbonyl (C=O) groups is 1. The summed E-state index contributed by atoms with van der Waals surface area (Å²) in [6.07, 6.45) is 6.77. The van der Waals surface area contributed by atoms with Crippen LogP contribution in [0.4, 0.5) is 10.5 Å². The van der Waals surface area contributed by atoms with Gasteiger partial charge in [0.15, 0.2) is 0 Å². The van der Waals surface area contributed by atoms with Crippen LogP contribution in [0, 0.1) is 6.92 Å². The number of hydrogen-bond acceptors (Lipinski definition) is 3. The third kappa shape index (κ3) is 3.98. The number of methoxy groups -OCH3 is 1. The van der Waals surface area contributed by atoms with Gasteiger partial charge >= 0.3 is 6.03 Å². The minimum Gasteiger partial charge on any atom is -0.497 e. The molecule has 1 atom stereocenters. The molecule has 1 aliphatic heterocycles. The zero-order valence-electron chi connectivity index (χ0n) is 20.4. The molecule has 2 aromatic heterocycles. The number of halogens is 1. The number of nitrogens with zero attached hydrogens (tertiary/aromatic N) is 2. The van der Waals surface area contributed by atoms with E-state index in [1.54, 1.807) is 7.11 Å². The van der Waals surface area contributed by atoms with Crippen LogP contribution in [0.3, 0.4) is 0 Å². The van der Waals surface area contributed by atoms with Crippen molar-refractivity contribution in [3.8, 4) is 10.8 Å². The molecular formula is C29H28ClN3O2S. The molecule has 2 aliphatic rings. The molecule has 7 heteroatoms. The summed E-state index contributed by atoms with van der Waals surface area (Å²) in [5.74, 6) is 0.793. The quantitative estimate of drug-likeness (QED) is 0.305. The normalized spacial score (nSPS) is 16.5. The average molecular weight is 518 g/mol. The molecule has 0 fully saturated rings. The fraction of sp³-hybridized carbons (Fsp3) is 0.276. The molecule has 36 heavy (non-hydrogen) atoms. The molecule has 1 N–H and O–H groups in total. The minimum absolute atomic E-state index is 0.141. The largest absolute Gasteiger partial charge is 0.497 e. The maximum absolute atomic E-state index is 14.1. The maximum Gasteiger partial charge on any atom is 0.322 e. The van der Waals surface area contributed by atoms with Crippen molar-refractivity contribution in [1.82, 2.24) is 9.47 Å². The predicted molar refractivity (Wildman–Crippen MR) is 146 cm³/mol. The Morgan fingerprint density at radius 1 is 1.08 bits per heavy atom. The van der Waals surface area contributed by atoms with Crippen LogP contribution in [0.15, 0.2) is 60.8 Å². The van der Waals surface area contributed by atoms with Crippen LogP contribution in [-0.4, -0.2) is 22.6 Å². The number of aromatic nitrogens is 1. The number of aryl methyl sites for hydroxylation is 2. The van der Waals surface area contributed by atoms with Crippen molar-refractivity contribution in [3.05, 3.63) is 98.6 Å². The average Bonchev–Trinajstić information content (AvgIpc) is 3.48. The Morgan fingerprint density at radius 3 is 2.69 bits per heavy atom. The van der Waals surface area contributed by atoms with Gasteiger partial charge in [0, 0.05) is 27.3 Å². The van der Waals surface area contributed by atoms with E-state index in [9.17, 15) is 4.79 Å². The van der Waals surface area contributed by atoms with Crippen LogP contribution in [-0.2, 0) is 19.4 Å². The van der Waals surface area contributed by atoms with E-state index < -0.39 is 0 Å². The van der Waals surface area contributed by atoms with Crippen molar-refractivity contribution in [2.24, 2.45) is 0 Å². The molecule has 0 spiro atoms. The Morgan fingerprint density at radius 2 is 1.89 bits per heavy atom. The van der Waals surface area contributed by atoms with Crippen molar-refractivity contribution < 1.29 is 9.53 Å². The zero-order valence-corrected chi connectivity index (χ0v) is 22.0. The van der Waals surface area contributed by atoms with Crippen LogP contribution in [0.2, 0.25) is 5.02 Å². The summed E-state index contributed by atoms with van der Waals surface area (Å²) in [5.41, 5.74) is 6.54. The van der Waals surface area contributed by atoms with E-state index in [1.165, 1.54) is 33.8 Å². The van der Waals surface area contributed by atoms with Gasteiger partial charge in [0.1, 0.15) is 10.8 Å². The lowest BCUT2D eigenvalue weighted by atomic mass is 9.95. The Balaban J connectivity index is 1.49. The Kier molecular flexibility index (Phi) is 6.02. The summed E-state index contributed by atoms with van der Waals surface area (Å²) in [7, 11) is 1.67. The van der Waals surface area contributed by atoms with Gasteiger partial charge in [-0.2, -0.15) is 0 Å². The molecule has 2 amide bonds. The van der Waals surface area contributed by atoms with Gasteiger partial charge in [-0.3, -0.25) is 0 Å². The second-order valence-corrected chi connectivity index (χ2v) is 11.0. The Bertz CT molecular complexity index is 1440. The number of anilines is 1. The molecule has 6 rings (SSSR count). The molecule has 0 bridgehead atoms. The van der Waals surface area contributed by atoms with Gasteiger partial charge in [0.2, 0.25) is 0 Å². The van der Waals surface area contributed by atoms with E-state index in [-0.39, 0.29) is 12.1 Å². The molecule has 184 valence electrons. The van der Waals surface area contributed by atoms with Gasteiger partial charge < -0.3 is 19.5 Å². The van der Waals surface area contributed by atoms with E-state index in [0.717, 1.165) is 41.1 Å². The van der Waals surface area contributed by atoms with Crippen molar-refractivity contribution >= 4 is 34.7 Å². The summed E-state index contributed by atoms with van der Waals surface area (Å²) >= 11 is 8.16. The van der Waals surface area contributed by atoms with E-state index in [0.29, 0.717) is 11.6 Å². The molecule has 1 aliphatic carbocycles. The zero-order chi connectivity index (χ0) is 24.8. The first-order valence-electron chi connectivity index (χ1n) is 12.3. The molecular weight excluding hydrogens is 490 g/mol. The standard InChI is InChI=1S/C29H28ClN3O2S/c1-18-9-12-20(30)16-24(18)31-29(34)33-17-23-22-6-3-4-8-26(22)36-28(23)32-15-5-7-25(32)27(33)19-10-13-21(35-2)14-11-19/h5,7,9-16,27H,3-4,6,8,17H2,1-2H3,(H,31,34). The van der Waals surface area contributed by atoms with Crippen LogP contribution in [0.25, 0.3) is 5.00 Å². The number of nitrogens with one attached hydrogen (secondary N) is 1. The molecule has 5 nitrogen and oxygen atoms in total. The fourth-order valence-electron chi connectivity index (χ4n) is 5.44. The summed E-state index contributed by atoms with van der Waals surface area (Å²) < 4.78 is 7.70. The first-order valence-corrected chi connectivity index (χ1v) is 13.5. The van der Waals surface area contributed by atoms with Gasteiger partial charge in [-0.15, -0.1) is 11.3 Å². The maximum atomic E-state index is 14.1. The summed E-state index contributed by atoms with van der Waals surface area (Å²) in [5, 5.41) is 5.01. The van der Waals surface area contributed by atoms with Gasteiger partial charge in [-0.1, -0.05) is 29.8 Å². The lowest BCUT2D eigenvalue weighted by Crippen LogP contribution is -2.38. The van der Waals surface area contributed by atoms with Crippen molar-refractivity contribution in [1.29, 1.82) is 0 Å². The monoisotopic (exact) mass is 517 g/mol. The Hall–Kier alpha value is -3.22. The highest BCUT2D eigenvalue weighted by molar-refractivity contribution is 7.15. The summed E-state index contributed by atoms with van der Waals surface area (Å²) in [6.45, 7) is 2.53. The van der Waals surface area contributed by atoms with Gasteiger partial charge in [-0.05, 0) is 85.7 Å². The molecule has 0 radical (unpaired) electrons. The van der Waals surface area contributed by atoms with E-state index in [1.807, 2.05) is 53.5 Å². The first-order chi connectivity index (χ1) is 17.5. The lowest BCUT2D eigenvalue weighted by molar-refractivity contribution is 0.194. The smallest absolute Gasteiger partial charge is 0.322 e. The third-order valence-corrected chi connectivity index (χ3v) is 8.88. The van der Waals surface area contributed by atoms with Gasteiger partial charge in [0.25, 0.3) is 0 Å². The molecule has 0 saturated heterocycles. The predicted octanol–water partition coefficient (Wildman–Crippen LogP) is 7.53. The van der Waals surface area contributed by atoms with E-state index in [4.69, 9.17) is 16.3 Å². The van der Waals surface area contributed by atoms with E-state index in [2.05, 4.69) is 40.3 Å². The van der Waals surface area contributed by atoms with Crippen molar-refractivity contribution in [3.63, 3.8) is 0 Å². The topological polar surface area (TPSA) is 46.5 Å². The lowest BCUT2D eigenvalue weighted by Gasteiger charge is -2.31. The van der Waals surface area contributed by atoms with Crippen LogP contribution in [0.1, 0.15) is 51.7 Å². The summed E-state index contributed by atoms with van der Waals surface area (Å²) in [4.78, 5) is 17.5. The molecule has 1 unspecified atom stereocenters. The fourth-order valence-corrected chi connectivity index (χ4v) is 7.02. The highest BCUT2D eigenvalue weighted by atomic mass is 35.5. The highest BCUT2D eigenvalue weighted by Crippen LogP contribution is 2.44. The number of urea groups is 1. The number of carbonyl (C=O) groups excluding carboxylic acids is 1. The molecule has 3 heterocycles. The number of amides is 2. The second kappa shape index (κ2) is 9.34. The minimum atomic E-state index is -0.260. The number of thiophene rings is 1.